The fourth-order valence-electron chi connectivity index (χ4n) is 3.22. The van der Waals surface area contributed by atoms with Crippen molar-refractivity contribution in [2.24, 2.45) is 0 Å². The van der Waals surface area contributed by atoms with E-state index in [1.807, 2.05) is 42.5 Å². The summed E-state index contributed by atoms with van der Waals surface area (Å²) in [5, 5.41) is 3.77. The molecule has 0 aliphatic carbocycles. The number of amides is 1. The van der Waals surface area contributed by atoms with Crippen LogP contribution in [-0.2, 0) is 21.1 Å². The zero-order chi connectivity index (χ0) is 22.7. The van der Waals surface area contributed by atoms with Gasteiger partial charge in [0.2, 0.25) is 5.91 Å². The Bertz CT molecular complexity index is 1360. The third kappa shape index (κ3) is 4.81. The maximum atomic E-state index is 12.4. The van der Waals surface area contributed by atoms with Crippen LogP contribution in [0.15, 0.2) is 71.6 Å². The van der Waals surface area contributed by atoms with E-state index in [2.05, 4.69) is 10.3 Å². The van der Waals surface area contributed by atoms with Crippen LogP contribution in [0.25, 0.3) is 20.8 Å². The average Bonchev–Trinajstić information content (AvgIpc) is 3.23. The van der Waals surface area contributed by atoms with Crippen molar-refractivity contribution in [2.45, 2.75) is 18.2 Å². The lowest BCUT2D eigenvalue weighted by molar-refractivity contribution is -0.115. The fourth-order valence-corrected chi connectivity index (χ4v) is 5.11. The molecule has 32 heavy (non-hydrogen) atoms. The molecule has 0 saturated carbocycles. The second-order valence-electron chi connectivity index (χ2n) is 7.20. The molecule has 3 aromatic carbocycles. The number of thiazole rings is 1. The van der Waals surface area contributed by atoms with Crippen LogP contribution in [0.4, 0.5) is 5.69 Å². The number of sulfone groups is 1. The van der Waals surface area contributed by atoms with E-state index >= 15 is 0 Å². The standard InChI is InChI=1S/C24H22N2O4S2/c1-3-32(28,29)20-11-4-16(5-12-20)14-23(27)25-18-8-6-17(7-9-18)24-26-21-13-10-19(30-2)15-22(21)31-24/h4-13,15H,3,14H2,1-2H3,(H,25,27). The number of hydrogen-bond donors (Lipinski definition) is 1. The van der Waals surface area contributed by atoms with Crippen molar-refractivity contribution >= 4 is 43.0 Å². The topological polar surface area (TPSA) is 85.4 Å². The summed E-state index contributed by atoms with van der Waals surface area (Å²) in [5.41, 5.74) is 3.32. The van der Waals surface area contributed by atoms with Gasteiger partial charge in [0, 0.05) is 11.3 Å². The number of nitrogens with zero attached hydrogens (tertiary/aromatic N) is 1. The Kier molecular flexibility index (Phi) is 6.25. The van der Waals surface area contributed by atoms with Gasteiger partial charge in [-0.2, -0.15) is 0 Å². The number of aromatic nitrogens is 1. The molecule has 4 aromatic rings. The number of carbonyl (C=O) groups is 1. The first-order chi connectivity index (χ1) is 15.4. The minimum Gasteiger partial charge on any atom is -0.497 e. The SMILES string of the molecule is CCS(=O)(=O)c1ccc(CC(=O)Nc2ccc(-c3nc4ccc(OC)cc4s3)cc2)cc1. The van der Waals surface area contributed by atoms with Crippen molar-refractivity contribution in [3.8, 4) is 16.3 Å². The largest absolute Gasteiger partial charge is 0.497 e. The Morgan fingerprint density at radius 1 is 1.03 bits per heavy atom. The normalized spacial score (nSPS) is 11.4. The summed E-state index contributed by atoms with van der Waals surface area (Å²) in [5.74, 6) is 0.678. The molecule has 1 amide bonds. The first-order valence-electron chi connectivity index (χ1n) is 10.0. The van der Waals surface area contributed by atoms with Gasteiger partial charge in [-0.1, -0.05) is 19.1 Å². The number of benzene rings is 3. The van der Waals surface area contributed by atoms with Crippen molar-refractivity contribution in [3.05, 3.63) is 72.3 Å². The number of nitrogens with one attached hydrogen (secondary N) is 1. The minimum atomic E-state index is -3.24. The molecule has 6 nitrogen and oxygen atoms in total. The summed E-state index contributed by atoms with van der Waals surface area (Å²) in [6.07, 6.45) is 0.161. The molecule has 1 aromatic heterocycles. The number of carbonyl (C=O) groups excluding carboxylic acids is 1. The van der Waals surface area contributed by atoms with Gasteiger partial charge in [0.05, 0.1) is 34.4 Å². The molecular formula is C24H22N2O4S2. The van der Waals surface area contributed by atoms with Gasteiger partial charge in [-0.05, 0) is 60.2 Å². The van der Waals surface area contributed by atoms with Crippen LogP contribution in [0.2, 0.25) is 0 Å². The maximum absolute atomic E-state index is 12.4. The van der Waals surface area contributed by atoms with Crippen molar-refractivity contribution in [1.82, 2.24) is 4.98 Å². The summed E-state index contributed by atoms with van der Waals surface area (Å²) in [6, 6.07) is 19.8. The lowest BCUT2D eigenvalue weighted by atomic mass is 10.1. The summed E-state index contributed by atoms with van der Waals surface area (Å²) in [4.78, 5) is 17.3. The zero-order valence-electron chi connectivity index (χ0n) is 17.7. The molecule has 0 spiro atoms. The molecule has 8 heteroatoms. The van der Waals surface area contributed by atoms with Gasteiger partial charge in [-0.3, -0.25) is 4.79 Å². The highest BCUT2D eigenvalue weighted by atomic mass is 32.2. The van der Waals surface area contributed by atoms with Crippen molar-refractivity contribution in [1.29, 1.82) is 0 Å². The number of hydrogen-bond acceptors (Lipinski definition) is 6. The molecule has 164 valence electrons. The molecule has 1 heterocycles. The van der Waals surface area contributed by atoms with E-state index in [0.717, 1.165) is 32.1 Å². The molecule has 0 bridgehead atoms. The Hall–Kier alpha value is -3.23. The predicted molar refractivity (Wildman–Crippen MR) is 128 cm³/mol. The fraction of sp³-hybridized carbons (Fsp3) is 0.167. The highest BCUT2D eigenvalue weighted by molar-refractivity contribution is 7.91. The molecule has 1 N–H and O–H groups in total. The van der Waals surface area contributed by atoms with E-state index in [1.165, 1.54) is 0 Å². The number of rotatable bonds is 7. The Labute approximate surface area is 190 Å². The third-order valence-corrected chi connectivity index (χ3v) is 7.86. The summed E-state index contributed by atoms with van der Waals surface area (Å²) >= 11 is 1.58. The smallest absolute Gasteiger partial charge is 0.228 e. The summed E-state index contributed by atoms with van der Waals surface area (Å²) in [7, 11) is -1.60. The van der Waals surface area contributed by atoms with E-state index in [4.69, 9.17) is 4.74 Å². The lowest BCUT2D eigenvalue weighted by Crippen LogP contribution is -2.14. The average molecular weight is 467 g/mol. The molecule has 0 unspecified atom stereocenters. The molecule has 0 aliphatic heterocycles. The second kappa shape index (κ2) is 9.10. The molecule has 0 aliphatic rings. The Morgan fingerprint density at radius 3 is 2.41 bits per heavy atom. The van der Waals surface area contributed by atoms with E-state index < -0.39 is 9.84 Å². The van der Waals surface area contributed by atoms with Crippen molar-refractivity contribution in [2.75, 3.05) is 18.2 Å². The zero-order valence-corrected chi connectivity index (χ0v) is 19.3. The molecular weight excluding hydrogens is 444 g/mol. The monoisotopic (exact) mass is 466 g/mol. The third-order valence-electron chi connectivity index (χ3n) is 5.04. The quantitative estimate of drug-likeness (QED) is 0.417. The molecule has 0 atom stereocenters. The van der Waals surface area contributed by atoms with Gasteiger partial charge in [-0.25, -0.2) is 13.4 Å². The number of ether oxygens (including phenoxy) is 1. The highest BCUT2D eigenvalue weighted by Crippen LogP contribution is 2.32. The molecule has 4 rings (SSSR count). The molecule has 0 radical (unpaired) electrons. The minimum absolute atomic E-state index is 0.0496. The van der Waals surface area contributed by atoms with Crippen molar-refractivity contribution in [3.63, 3.8) is 0 Å². The number of methoxy groups -OCH3 is 1. The van der Waals surface area contributed by atoms with Crippen LogP contribution in [0, 0.1) is 0 Å². The van der Waals surface area contributed by atoms with Gasteiger partial charge in [0.15, 0.2) is 9.84 Å². The van der Waals surface area contributed by atoms with Gasteiger partial charge < -0.3 is 10.1 Å². The molecule has 0 fully saturated rings. The lowest BCUT2D eigenvalue weighted by Gasteiger charge is -2.07. The van der Waals surface area contributed by atoms with Crippen LogP contribution in [0.3, 0.4) is 0 Å². The predicted octanol–water partition coefficient (Wildman–Crippen LogP) is 4.95. The first-order valence-corrected chi connectivity index (χ1v) is 12.5. The van der Waals surface area contributed by atoms with Crippen molar-refractivity contribution < 1.29 is 17.9 Å². The van der Waals surface area contributed by atoms with E-state index in [0.29, 0.717) is 5.69 Å². The van der Waals surface area contributed by atoms with Gasteiger partial charge in [-0.15, -0.1) is 11.3 Å². The first kappa shape index (κ1) is 22.0. The number of anilines is 1. The summed E-state index contributed by atoms with van der Waals surface area (Å²) in [6.45, 7) is 1.61. The number of fused-ring (bicyclic) bond motifs is 1. The van der Waals surface area contributed by atoms with Crippen LogP contribution in [-0.4, -0.2) is 32.2 Å². The van der Waals surface area contributed by atoms with Gasteiger partial charge in [0.1, 0.15) is 10.8 Å². The van der Waals surface area contributed by atoms with Gasteiger partial charge >= 0.3 is 0 Å². The molecule has 0 saturated heterocycles. The van der Waals surface area contributed by atoms with Crippen LogP contribution in [0.5, 0.6) is 5.75 Å². The van der Waals surface area contributed by atoms with Crippen LogP contribution >= 0.6 is 11.3 Å². The van der Waals surface area contributed by atoms with E-state index in [1.54, 1.807) is 49.6 Å². The van der Waals surface area contributed by atoms with E-state index in [-0.39, 0.29) is 23.0 Å². The highest BCUT2D eigenvalue weighted by Gasteiger charge is 2.12. The Morgan fingerprint density at radius 2 is 1.75 bits per heavy atom. The second-order valence-corrected chi connectivity index (χ2v) is 10.5. The van der Waals surface area contributed by atoms with E-state index in [9.17, 15) is 13.2 Å². The summed E-state index contributed by atoms with van der Waals surface area (Å²) < 4.78 is 30.1. The Balaban J connectivity index is 1.42. The van der Waals surface area contributed by atoms with Gasteiger partial charge in [0.25, 0.3) is 0 Å². The van der Waals surface area contributed by atoms with Crippen LogP contribution in [0.1, 0.15) is 12.5 Å². The maximum Gasteiger partial charge on any atom is 0.228 e. The van der Waals surface area contributed by atoms with Crippen LogP contribution < -0.4 is 10.1 Å².